The molecule has 1 heterocycles. The summed E-state index contributed by atoms with van der Waals surface area (Å²) in [6.45, 7) is 0. The normalized spacial score (nSPS) is 11.6. The second-order valence-corrected chi connectivity index (χ2v) is 5.58. The summed E-state index contributed by atoms with van der Waals surface area (Å²) >= 11 is 0.850. The lowest BCUT2D eigenvalue weighted by Gasteiger charge is -2.09. The molecule has 1 aromatic heterocycles. The number of aromatic amines is 1. The van der Waals surface area contributed by atoms with Gasteiger partial charge in [0, 0.05) is 24.1 Å². The minimum Gasteiger partial charge on any atom is -0.481 e. The fourth-order valence-electron chi connectivity index (χ4n) is 1.49. The minimum atomic E-state index is -1.25. The van der Waals surface area contributed by atoms with E-state index in [4.69, 9.17) is 10.2 Å². The SMILES string of the molecule is O=C(O)CC(SCCC(=O)NC(=O)Cc1cnc[nH]1)C(=O)O. The topological polar surface area (TPSA) is 149 Å². The number of thioether (sulfide) groups is 1. The predicted molar refractivity (Wildman–Crippen MR) is 76.2 cm³/mol. The van der Waals surface area contributed by atoms with Gasteiger partial charge in [0.2, 0.25) is 11.8 Å². The average Bonchev–Trinajstić information content (AvgIpc) is 2.89. The summed E-state index contributed by atoms with van der Waals surface area (Å²) in [5.74, 6) is -3.41. The third-order valence-corrected chi connectivity index (χ3v) is 3.68. The molecule has 4 N–H and O–H groups in total. The molecular weight excluding hydrogens is 314 g/mol. The molecule has 1 unspecified atom stereocenters. The van der Waals surface area contributed by atoms with Gasteiger partial charge in [-0.15, -0.1) is 11.8 Å². The van der Waals surface area contributed by atoms with E-state index in [1.807, 2.05) is 0 Å². The highest BCUT2D eigenvalue weighted by molar-refractivity contribution is 8.00. The van der Waals surface area contributed by atoms with Crippen molar-refractivity contribution in [2.75, 3.05) is 5.75 Å². The molecule has 9 nitrogen and oxygen atoms in total. The maximum absolute atomic E-state index is 11.5. The van der Waals surface area contributed by atoms with Crippen LogP contribution in [0.5, 0.6) is 0 Å². The second-order valence-electron chi connectivity index (χ2n) is 4.27. The fourth-order valence-corrected chi connectivity index (χ4v) is 2.48. The van der Waals surface area contributed by atoms with Gasteiger partial charge in [0.25, 0.3) is 0 Å². The van der Waals surface area contributed by atoms with Crippen LogP contribution in [0.4, 0.5) is 0 Å². The van der Waals surface area contributed by atoms with Crippen molar-refractivity contribution in [3.05, 3.63) is 18.2 Å². The first-order valence-corrected chi connectivity index (χ1v) is 7.29. The van der Waals surface area contributed by atoms with Crippen molar-refractivity contribution in [3.8, 4) is 0 Å². The van der Waals surface area contributed by atoms with Crippen LogP contribution in [-0.4, -0.2) is 54.9 Å². The van der Waals surface area contributed by atoms with E-state index in [1.54, 1.807) is 0 Å². The van der Waals surface area contributed by atoms with Crippen LogP contribution in [0, 0.1) is 0 Å². The predicted octanol–water partition coefficient (Wildman–Crippen LogP) is -0.354. The number of carboxylic acid groups (broad SMARTS) is 2. The third-order valence-electron chi connectivity index (χ3n) is 2.47. The van der Waals surface area contributed by atoms with Gasteiger partial charge in [0.05, 0.1) is 19.2 Å². The number of aliphatic carboxylic acids is 2. The highest BCUT2D eigenvalue weighted by atomic mass is 32.2. The summed E-state index contributed by atoms with van der Waals surface area (Å²) < 4.78 is 0. The molecule has 1 atom stereocenters. The Morgan fingerprint density at radius 2 is 2.00 bits per heavy atom. The Hall–Kier alpha value is -2.36. The van der Waals surface area contributed by atoms with Gasteiger partial charge < -0.3 is 15.2 Å². The van der Waals surface area contributed by atoms with Crippen molar-refractivity contribution in [2.24, 2.45) is 0 Å². The lowest BCUT2D eigenvalue weighted by Crippen LogP contribution is -2.32. The first-order chi connectivity index (χ1) is 10.4. The Balaban J connectivity index is 2.28. The number of carbonyl (C=O) groups excluding carboxylic acids is 2. The first kappa shape index (κ1) is 17.7. The number of rotatable bonds is 9. The van der Waals surface area contributed by atoms with Crippen molar-refractivity contribution in [1.82, 2.24) is 15.3 Å². The number of hydrogen-bond acceptors (Lipinski definition) is 6. The number of carbonyl (C=O) groups is 4. The monoisotopic (exact) mass is 329 g/mol. The smallest absolute Gasteiger partial charge is 0.317 e. The number of nitrogens with zero attached hydrogens (tertiary/aromatic N) is 1. The van der Waals surface area contributed by atoms with E-state index in [2.05, 4.69) is 15.3 Å². The number of amides is 2. The lowest BCUT2D eigenvalue weighted by molar-refractivity contribution is -0.142. The Morgan fingerprint density at radius 3 is 2.55 bits per heavy atom. The van der Waals surface area contributed by atoms with Crippen molar-refractivity contribution in [2.45, 2.75) is 24.5 Å². The van der Waals surface area contributed by atoms with E-state index in [-0.39, 0.29) is 18.6 Å². The number of nitrogens with one attached hydrogen (secondary N) is 2. The maximum atomic E-state index is 11.5. The molecule has 0 aliphatic rings. The Kier molecular flexibility index (Phi) is 7.09. The van der Waals surface area contributed by atoms with Crippen LogP contribution in [0.3, 0.4) is 0 Å². The van der Waals surface area contributed by atoms with Gasteiger partial charge >= 0.3 is 11.9 Å². The fraction of sp³-hybridized carbons (Fsp3) is 0.417. The van der Waals surface area contributed by atoms with Gasteiger partial charge in [-0.1, -0.05) is 0 Å². The molecule has 1 rings (SSSR count). The van der Waals surface area contributed by atoms with Gasteiger partial charge in [-0.2, -0.15) is 0 Å². The molecule has 22 heavy (non-hydrogen) atoms. The van der Waals surface area contributed by atoms with Gasteiger partial charge in [0.15, 0.2) is 0 Å². The van der Waals surface area contributed by atoms with Crippen LogP contribution >= 0.6 is 11.8 Å². The lowest BCUT2D eigenvalue weighted by atomic mass is 10.3. The molecule has 0 aromatic carbocycles. The van der Waals surface area contributed by atoms with Crippen molar-refractivity contribution in [1.29, 1.82) is 0 Å². The van der Waals surface area contributed by atoms with E-state index in [0.29, 0.717) is 5.69 Å². The van der Waals surface area contributed by atoms with E-state index in [9.17, 15) is 19.2 Å². The zero-order valence-electron chi connectivity index (χ0n) is 11.4. The molecule has 0 saturated carbocycles. The van der Waals surface area contributed by atoms with Crippen LogP contribution in [0.25, 0.3) is 0 Å². The second kappa shape index (κ2) is 8.82. The van der Waals surface area contributed by atoms with Crippen molar-refractivity contribution in [3.63, 3.8) is 0 Å². The van der Waals surface area contributed by atoms with Gasteiger partial charge in [-0.3, -0.25) is 24.5 Å². The Bertz CT molecular complexity index is 545. The third kappa shape index (κ3) is 6.88. The van der Waals surface area contributed by atoms with Crippen molar-refractivity contribution < 1.29 is 29.4 Å². The molecule has 0 radical (unpaired) electrons. The molecule has 0 fully saturated rings. The molecular formula is C12H15N3O6S. The number of carboxylic acids is 2. The van der Waals surface area contributed by atoms with Crippen molar-refractivity contribution >= 4 is 35.5 Å². The van der Waals surface area contributed by atoms with Crippen LogP contribution in [0.15, 0.2) is 12.5 Å². The van der Waals surface area contributed by atoms with E-state index >= 15 is 0 Å². The maximum Gasteiger partial charge on any atom is 0.317 e. The molecule has 1 aromatic rings. The van der Waals surface area contributed by atoms with Crippen LogP contribution in [0.1, 0.15) is 18.5 Å². The number of H-pyrrole nitrogens is 1. The summed E-state index contributed by atoms with van der Waals surface area (Å²) in [6.07, 6.45) is 2.25. The molecule has 0 spiro atoms. The summed E-state index contributed by atoms with van der Waals surface area (Å²) in [4.78, 5) is 50.8. The zero-order chi connectivity index (χ0) is 16.5. The minimum absolute atomic E-state index is 0.0182. The molecule has 0 aliphatic heterocycles. The first-order valence-electron chi connectivity index (χ1n) is 6.24. The number of aromatic nitrogens is 2. The molecule has 120 valence electrons. The number of hydrogen-bond donors (Lipinski definition) is 4. The molecule has 2 amide bonds. The highest BCUT2D eigenvalue weighted by Crippen LogP contribution is 2.16. The van der Waals surface area contributed by atoms with Crippen LogP contribution in [0.2, 0.25) is 0 Å². The summed E-state index contributed by atoms with van der Waals surface area (Å²) in [6, 6.07) is 0. The molecule has 0 saturated heterocycles. The number of imide groups is 1. The zero-order valence-corrected chi connectivity index (χ0v) is 12.3. The Morgan fingerprint density at radius 1 is 1.27 bits per heavy atom. The van der Waals surface area contributed by atoms with E-state index in [0.717, 1.165) is 11.8 Å². The average molecular weight is 329 g/mol. The largest absolute Gasteiger partial charge is 0.481 e. The van der Waals surface area contributed by atoms with Gasteiger partial charge in [-0.05, 0) is 0 Å². The Labute approximate surface area is 129 Å². The summed E-state index contributed by atoms with van der Waals surface area (Å²) in [7, 11) is 0. The van der Waals surface area contributed by atoms with E-state index < -0.39 is 35.4 Å². The molecule has 0 bridgehead atoms. The molecule has 10 heteroatoms. The summed E-state index contributed by atoms with van der Waals surface area (Å²) in [5, 5.41) is 18.4. The van der Waals surface area contributed by atoms with E-state index in [1.165, 1.54) is 12.5 Å². The van der Waals surface area contributed by atoms with Crippen LogP contribution < -0.4 is 5.32 Å². The highest BCUT2D eigenvalue weighted by Gasteiger charge is 2.21. The van der Waals surface area contributed by atoms with Crippen LogP contribution in [-0.2, 0) is 25.6 Å². The summed E-state index contributed by atoms with van der Waals surface area (Å²) in [5.41, 5.74) is 0.562. The number of imidazole rings is 1. The quantitative estimate of drug-likeness (QED) is 0.480. The van der Waals surface area contributed by atoms with Gasteiger partial charge in [0.1, 0.15) is 5.25 Å². The molecule has 0 aliphatic carbocycles. The standard InChI is InChI=1S/C12H15N3O6S/c16-9(15-10(17)3-7-5-13-6-14-7)1-2-22-8(12(20)21)4-11(18)19/h5-6,8H,1-4H2,(H,13,14)(H,18,19)(H,20,21)(H,15,16,17). The van der Waals surface area contributed by atoms with Gasteiger partial charge in [-0.25, -0.2) is 4.98 Å².